The average molecular weight is 484 g/mol. The van der Waals surface area contributed by atoms with E-state index in [2.05, 4.69) is 20.6 Å². The molecule has 2 aromatic heterocycles. The van der Waals surface area contributed by atoms with Crippen LogP contribution in [0.2, 0.25) is 5.02 Å². The molecule has 8 heteroatoms. The number of carbonyl (C=O) groups excluding carboxylic acids is 1. The fourth-order valence-corrected chi connectivity index (χ4v) is 3.79. The van der Waals surface area contributed by atoms with Crippen LogP contribution in [0.1, 0.15) is 15.9 Å². The number of anilines is 2. The van der Waals surface area contributed by atoms with E-state index in [1.165, 1.54) is 12.1 Å². The van der Waals surface area contributed by atoms with Crippen molar-refractivity contribution >= 4 is 39.9 Å². The highest BCUT2D eigenvalue weighted by atomic mass is 35.5. The fourth-order valence-electron chi connectivity index (χ4n) is 3.62. The maximum Gasteiger partial charge on any atom is 0.253 e. The molecule has 0 fully saturated rings. The Bertz CT molecular complexity index is 1510. The van der Waals surface area contributed by atoms with Gasteiger partial charge in [0.1, 0.15) is 11.6 Å². The number of fused-ring (bicyclic) bond motifs is 1. The van der Waals surface area contributed by atoms with Gasteiger partial charge in [0.05, 0.1) is 16.8 Å². The van der Waals surface area contributed by atoms with E-state index in [4.69, 9.17) is 16.6 Å². The van der Waals surface area contributed by atoms with Crippen LogP contribution in [-0.2, 0) is 6.54 Å². The Morgan fingerprint density at radius 3 is 2.57 bits per heavy atom. The number of nitrogens with one attached hydrogen (secondary N) is 2. The number of amides is 1. The number of hydrogen-bond donors (Lipinski definition) is 2. The van der Waals surface area contributed by atoms with Crippen LogP contribution < -0.4 is 10.6 Å². The summed E-state index contributed by atoms with van der Waals surface area (Å²) in [5.74, 6) is 0.419. The van der Waals surface area contributed by atoms with Gasteiger partial charge in [0.2, 0.25) is 0 Å². The standard InChI is InChI=1S/C27H19ClFN5O/c28-19-9-12-21-24(14-19)33-25(18-4-3-13-30-16-18)34-26(21)32-23-6-2-1-5-22(23)27(35)31-15-17-7-10-20(29)11-8-17/h1-14,16H,15H2,(H,31,35)(H,32,33,34). The van der Waals surface area contributed by atoms with Crippen LogP contribution in [0.3, 0.4) is 0 Å². The summed E-state index contributed by atoms with van der Waals surface area (Å²) in [5, 5.41) is 7.50. The number of pyridine rings is 1. The van der Waals surface area contributed by atoms with Gasteiger partial charge in [-0.15, -0.1) is 0 Å². The summed E-state index contributed by atoms with van der Waals surface area (Å²) in [6.07, 6.45) is 3.37. The first kappa shape index (κ1) is 22.4. The topological polar surface area (TPSA) is 79.8 Å². The third kappa shape index (κ3) is 5.10. The molecule has 0 bridgehead atoms. The Balaban J connectivity index is 1.48. The third-order valence-electron chi connectivity index (χ3n) is 5.37. The van der Waals surface area contributed by atoms with E-state index in [9.17, 15) is 9.18 Å². The van der Waals surface area contributed by atoms with Gasteiger partial charge in [0, 0.05) is 34.9 Å². The summed E-state index contributed by atoms with van der Waals surface area (Å²) in [5.41, 5.74) is 3.23. The van der Waals surface area contributed by atoms with Crippen LogP contribution in [0.5, 0.6) is 0 Å². The summed E-state index contributed by atoms with van der Waals surface area (Å²) in [6, 6.07) is 22.2. The molecule has 0 saturated carbocycles. The highest BCUT2D eigenvalue weighted by molar-refractivity contribution is 6.31. The van der Waals surface area contributed by atoms with Crippen LogP contribution in [0.25, 0.3) is 22.3 Å². The number of hydrogen-bond acceptors (Lipinski definition) is 5. The van der Waals surface area contributed by atoms with Gasteiger partial charge in [-0.3, -0.25) is 9.78 Å². The quantitative estimate of drug-likeness (QED) is 0.302. The Morgan fingerprint density at radius 1 is 0.943 bits per heavy atom. The fraction of sp³-hybridized carbons (Fsp3) is 0.0370. The highest BCUT2D eigenvalue weighted by Gasteiger charge is 2.15. The van der Waals surface area contributed by atoms with Gasteiger partial charge in [-0.1, -0.05) is 35.9 Å². The number of rotatable bonds is 6. The molecule has 172 valence electrons. The minimum absolute atomic E-state index is 0.271. The smallest absolute Gasteiger partial charge is 0.253 e. The largest absolute Gasteiger partial charge is 0.348 e. The number of nitrogens with zero attached hydrogens (tertiary/aromatic N) is 3. The molecule has 6 nitrogen and oxygen atoms in total. The second-order valence-corrected chi connectivity index (χ2v) is 8.22. The molecule has 1 amide bonds. The summed E-state index contributed by atoms with van der Waals surface area (Å²) in [6.45, 7) is 0.271. The zero-order valence-electron chi connectivity index (χ0n) is 18.4. The predicted molar refractivity (Wildman–Crippen MR) is 135 cm³/mol. The van der Waals surface area contributed by atoms with Gasteiger partial charge >= 0.3 is 0 Å². The zero-order valence-corrected chi connectivity index (χ0v) is 19.1. The summed E-state index contributed by atoms with van der Waals surface area (Å²) in [4.78, 5) is 26.5. The van der Waals surface area contributed by atoms with Crippen molar-refractivity contribution in [3.63, 3.8) is 0 Å². The van der Waals surface area contributed by atoms with Crippen LogP contribution in [0.15, 0.2) is 91.3 Å². The van der Waals surface area contributed by atoms with Gasteiger partial charge in [-0.05, 0) is 60.2 Å². The van der Waals surface area contributed by atoms with Gasteiger partial charge in [-0.2, -0.15) is 0 Å². The Hall–Kier alpha value is -4.36. The first-order valence-electron chi connectivity index (χ1n) is 10.8. The number of para-hydroxylation sites is 1. The molecule has 0 saturated heterocycles. The van der Waals surface area contributed by atoms with E-state index in [0.717, 1.165) is 16.5 Å². The average Bonchev–Trinajstić information content (AvgIpc) is 2.88. The molecule has 35 heavy (non-hydrogen) atoms. The molecule has 0 aliphatic heterocycles. The Morgan fingerprint density at radius 2 is 1.77 bits per heavy atom. The van der Waals surface area contributed by atoms with Crippen LogP contribution in [0.4, 0.5) is 15.9 Å². The van der Waals surface area contributed by atoms with Crippen LogP contribution in [-0.4, -0.2) is 20.9 Å². The SMILES string of the molecule is O=C(NCc1ccc(F)cc1)c1ccccc1Nc1nc(-c2cccnc2)nc2cc(Cl)ccc12. The molecule has 5 rings (SSSR count). The first-order valence-corrected chi connectivity index (χ1v) is 11.2. The summed E-state index contributed by atoms with van der Waals surface area (Å²) in [7, 11) is 0. The molecular weight excluding hydrogens is 465 g/mol. The monoisotopic (exact) mass is 483 g/mol. The molecule has 5 aromatic rings. The van der Waals surface area contributed by atoms with Crippen molar-refractivity contribution in [2.75, 3.05) is 5.32 Å². The maximum absolute atomic E-state index is 13.2. The van der Waals surface area contributed by atoms with Crippen molar-refractivity contribution < 1.29 is 9.18 Å². The zero-order chi connectivity index (χ0) is 24.2. The molecule has 0 aliphatic carbocycles. The van der Waals surface area contributed by atoms with Crippen molar-refractivity contribution in [3.05, 3.63) is 113 Å². The second kappa shape index (κ2) is 9.87. The molecule has 2 N–H and O–H groups in total. The molecule has 2 heterocycles. The third-order valence-corrected chi connectivity index (χ3v) is 5.60. The second-order valence-electron chi connectivity index (χ2n) is 7.78. The molecule has 0 unspecified atom stereocenters. The van der Waals surface area contributed by atoms with E-state index in [1.54, 1.807) is 54.9 Å². The molecule has 0 radical (unpaired) electrons. The van der Waals surface area contributed by atoms with E-state index in [0.29, 0.717) is 33.4 Å². The van der Waals surface area contributed by atoms with Gasteiger partial charge in [-0.25, -0.2) is 14.4 Å². The van der Waals surface area contributed by atoms with Gasteiger partial charge < -0.3 is 10.6 Å². The number of carbonyl (C=O) groups is 1. The van der Waals surface area contributed by atoms with E-state index in [1.807, 2.05) is 24.3 Å². The van der Waals surface area contributed by atoms with Crippen molar-refractivity contribution in [2.24, 2.45) is 0 Å². The molecular formula is C27H19ClFN5O. The van der Waals surface area contributed by atoms with E-state index >= 15 is 0 Å². The Labute approximate surface area is 205 Å². The normalized spacial score (nSPS) is 10.8. The highest BCUT2D eigenvalue weighted by Crippen LogP contribution is 2.30. The lowest BCUT2D eigenvalue weighted by Gasteiger charge is -2.14. The molecule has 0 atom stereocenters. The summed E-state index contributed by atoms with van der Waals surface area (Å²) >= 11 is 6.22. The molecule has 0 spiro atoms. The van der Waals surface area contributed by atoms with Crippen molar-refractivity contribution in [3.8, 4) is 11.4 Å². The minimum atomic E-state index is -0.321. The lowest BCUT2D eigenvalue weighted by atomic mass is 10.1. The van der Waals surface area contributed by atoms with Gasteiger partial charge in [0.25, 0.3) is 5.91 Å². The van der Waals surface area contributed by atoms with Gasteiger partial charge in [0.15, 0.2) is 5.82 Å². The lowest BCUT2D eigenvalue weighted by molar-refractivity contribution is 0.0951. The molecule has 0 aliphatic rings. The number of halogens is 2. The predicted octanol–water partition coefficient (Wildman–Crippen LogP) is 6.16. The first-order chi connectivity index (χ1) is 17.1. The number of benzene rings is 3. The molecule has 3 aromatic carbocycles. The van der Waals surface area contributed by atoms with E-state index in [-0.39, 0.29) is 18.3 Å². The van der Waals surface area contributed by atoms with Crippen LogP contribution >= 0.6 is 11.6 Å². The van der Waals surface area contributed by atoms with Crippen LogP contribution in [0, 0.1) is 5.82 Å². The van der Waals surface area contributed by atoms with E-state index < -0.39 is 0 Å². The Kier molecular flexibility index (Phi) is 6.32. The van der Waals surface area contributed by atoms with Crippen molar-refractivity contribution in [2.45, 2.75) is 6.54 Å². The van der Waals surface area contributed by atoms with Crippen molar-refractivity contribution in [1.29, 1.82) is 0 Å². The number of aromatic nitrogens is 3. The minimum Gasteiger partial charge on any atom is -0.348 e. The maximum atomic E-state index is 13.2. The lowest BCUT2D eigenvalue weighted by Crippen LogP contribution is -2.23. The summed E-state index contributed by atoms with van der Waals surface area (Å²) < 4.78 is 13.2. The van der Waals surface area contributed by atoms with Crippen molar-refractivity contribution in [1.82, 2.24) is 20.3 Å².